The molecule has 0 aromatic rings. The maximum atomic E-state index is 11.4. The minimum Gasteiger partial charge on any atom is -0.368 e. The molecular formula is C15H31N3O. The van der Waals surface area contributed by atoms with Crippen molar-refractivity contribution in [2.45, 2.75) is 58.4 Å². The van der Waals surface area contributed by atoms with Gasteiger partial charge in [-0.3, -0.25) is 4.79 Å². The largest absolute Gasteiger partial charge is 0.368 e. The highest BCUT2D eigenvalue weighted by Gasteiger charge is 2.20. The van der Waals surface area contributed by atoms with Crippen LogP contribution >= 0.6 is 0 Å². The number of piperidine rings is 1. The van der Waals surface area contributed by atoms with Crippen molar-refractivity contribution < 1.29 is 4.79 Å². The third-order valence-corrected chi connectivity index (χ3v) is 4.12. The molecule has 1 aliphatic rings. The number of carbonyl (C=O) groups excluding carboxylic acids is 1. The smallest absolute Gasteiger partial charge is 0.234 e. The summed E-state index contributed by atoms with van der Waals surface area (Å²) < 4.78 is 0. The minimum absolute atomic E-state index is 0.159. The fourth-order valence-electron chi connectivity index (χ4n) is 2.88. The zero-order valence-corrected chi connectivity index (χ0v) is 12.7. The van der Waals surface area contributed by atoms with Gasteiger partial charge in [-0.2, -0.15) is 0 Å². The number of carbonyl (C=O) groups is 1. The van der Waals surface area contributed by atoms with Crippen molar-refractivity contribution in [3.05, 3.63) is 0 Å². The number of primary amides is 1. The summed E-state index contributed by atoms with van der Waals surface area (Å²) in [5.41, 5.74) is 5.43. The maximum Gasteiger partial charge on any atom is 0.234 e. The lowest BCUT2D eigenvalue weighted by molar-refractivity contribution is -0.120. The van der Waals surface area contributed by atoms with Crippen molar-refractivity contribution in [2.24, 2.45) is 11.7 Å². The average Bonchev–Trinajstić information content (AvgIpc) is 2.40. The first-order valence-electron chi connectivity index (χ1n) is 7.92. The SMILES string of the molecule is CCCNC(CCN1CCC(CCC)CC1)C(N)=O. The summed E-state index contributed by atoms with van der Waals surface area (Å²) in [6, 6.07) is -0.159. The van der Waals surface area contributed by atoms with Crippen molar-refractivity contribution in [3.63, 3.8) is 0 Å². The lowest BCUT2D eigenvalue weighted by Crippen LogP contribution is -2.44. The molecule has 1 aliphatic heterocycles. The highest BCUT2D eigenvalue weighted by Crippen LogP contribution is 2.21. The lowest BCUT2D eigenvalue weighted by atomic mass is 9.92. The Labute approximate surface area is 118 Å². The van der Waals surface area contributed by atoms with Crippen LogP contribution in [0.5, 0.6) is 0 Å². The van der Waals surface area contributed by atoms with Crippen molar-refractivity contribution in [2.75, 3.05) is 26.2 Å². The molecule has 4 heteroatoms. The normalized spacial score (nSPS) is 19.5. The number of nitrogens with two attached hydrogens (primary N) is 1. The van der Waals surface area contributed by atoms with Crippen molar-refractivity contribution >= 4 is 5.91 Å². The van der Waals surface area contributed by atoms with Gasteiger partial charge in [0.2, 0.25) is 5.91 Å². The van der Waals surface area contributed by atoms with E-state index in [-0.39, 0.29) is 11.9 Å². The molecule has 1 saturated heterocycles. The van der Waals surface area contributed by atoms with Gasteiger partial charge in [-0.25, -0.2) is 0 Å². The first-order valence-corrected chi connectivity index (χ1v) is 7.92. The Morgan fingerprint density at radius 2 is 2.00 bits per heavy atom. The van der Waals surface area contributed by atoms with Crippen LogP contribution in [0.25, 0.3) is 0 Å². The Balaban J connectivity index is 2.22. The average molecular weight is 269 g/mol. The Hall–Kier alpha value is -0.610. The van der Waals surface area contributed by atoms with Crippen LogP contribution in [0.1, 0.15) is 52.4 Å². The Morgan fingerprint density at radius 3 is 2.53 bits per heavy atom. The molecule has 0 radical (unpaired) electrons. The molecule has 0 spiro atoms. The third-order valence-electron chi connectivity index (χ3n) is 4.12. The summed E-state index contributed by atoms with van der Waals surface area (Å²) >= 11 is 0. The summed E-state index contributed by atoms with van der Waals surface area (Å²) in [4.78, 5) is 13.8. The first-order chi connectivity index (χ1) is 9.17. The van der Waals surface area contributed by atoms with Crippen LogP contribution in [-0.4, -0.2) is 43.0 Å². The van der Waals surface area contributed by atoms with E-state index in [1.165, 1.54) is 38.8 Å². The van der Waals surface area contributed by atoms with Crippen LogP contribution in [0.15, 0.2) is 0 Å². The molecule has 0 aromatic carbocycles. The Morgan fingerprint density at radius 1 is 1.32 bits per heavy atom. The van der Waals surface area contributed by atoms with E-state index < -0.39 is 0 Å². The molecule has 1 unspecified atom stereocenters. The molecule has 19 heavy (non-hydrogen) atoms. The molecule has 3 N–H and O–H groups in total. The fourth-order valence-corrected chi connectivity index (χ4v) is 2.88. The van der Waals surface area contributed by atoms with Gasteiger partial charge in [0.15, 0.2) is 0 Å². The van der Waals surface area contributed by atoms with Gasteiger partial charge in [-0.15, -0.1) is 0 Å². The molecule has 0 aromatic heterocycles. The number of nitrogens with zero attached hydrogens (tertiary/aromatic N) is 1. The Bertz CT molecular complexity index is 250. The van der Waals surface area contributed by atoms with E-state index in [9.17, 15) is 4.79 Å². The van der Waals surface area contributed by atoms with Crippen LogP contribution in [0.2, 0.25) is 0 Å². The van der Waals surface area contributed by atoms with Gasteiger partial charge in [0.05, 0.1) is 6.04 Å². The zero-order valence-electron chi connectivity index (χ0n) is 12.7. The third kappa shape index (κ3) is 6.39. The van der Waals surface area contributed by atoms with Gasteiger partial charge in [0.1, 0.15) is 0 Å². The minimum atomic E-state index is -0.214. The van der Waals surface area contributed by atoms with Gasteiger partial charge in [0, 0.05) is 6.54 Å². The molecule has 1 atom stereocenters. The van der Waals surface area contributed by atoms with E-state index in [1.807, 2.05) is 0 Å². The van der Waals surface area contributed by atoms with Crippen LogP contribution in [0.4, 0.5) is 0 Å². The van der Waals surface area contributed by atoms with Crippen LogP contribution in [0.3, 0.4) is 0 Å². The molecule has 1 fully saturated rings. The second-order valence-corrected chi connectivity index (χ2v) is 5.77. The van der Waals surface area contributed by atoms with Crippen molar-refractivity contribution in [1.29, 1.82) is 0 Å². The van der Waals surface area contributed by atoms with Crippen LogP contribution in [-0.2, 0) is 4.79 Å². The highest BCUT2D eigenvalue weighted by atomic mass is 16.1. The molecule has 1 amide bonds. The second kappa shape index (κ2) is 9.32. The van der Waals surface area contributed by atoms with E-state index in [4.69, 9.17) is 5.73 Å². The molecule has 4 nitrogen and oxygen atoms in total. The summed E-state index contributed by atoms with van der Waals surface area (Å²) in [6.07, 6.45) is 7.18. The summed E-state index contributed by atoms with van der Waals surface area (Å²) in [7, 11) is 0. The van der Waals surface area contributed by atoms with Crippen LogP contribution in [0, 0.1) is 5.92 Å². The van der Waals surface area contributed by atoms with Gasteiger partial charge in [-0.05, 0) is 51.2 Å². The van der Waals surface area contributed by atoms with Crippen LogP contribution < -0.4 is 11.1 Å². The van der Waals surface area contributed by atoms with Crippen molar-refractivity contribution in [3.8, 4) is 0 Å². The predicted molar refractivity (Wildman–Crippen MR) is 80.0 cm³/mol. The van der Waals surface area contributed by atoms with E-state index in [2.05, 4.69) is 24.1 Å². The van der Waals surface area contributed by atoms with E-state index in [0.29, 0.717) is 0 Å². The molecule has 1 heterocycles. The van der Waals surface area contributed by atoms with E-state index in [1.54, 1.807) is 0 Å². The first kappa shape index (κ1) is 16.4. The monoisotopic (exact) mass is 269 g/mol. The van der Waals surface area contributed by atoms with Gasteiger partial charge >= 0.3 is 0 Å². The Kier molecular flexibility index (Phi) is 8.07. The maximum absolute atomic E-state index is 11.4. The van der Waals surface area contributed by atoms with Gasteiger partial charge in [0.25, 0.3) is 0 Å². The van der Waals surface area contributed by atoms with Gasteiger partial charge < -0.3 is 16.0 Å². The second-order valence-electron chi connectivity index (χ2n) is 5.77. The zero-order chi connectivity index (χ0) is 14.1. The summed E-state index contributed by atoms with van der Waals surface area (Å²) in [5, 5.41) is 3.24. The lowest BCUT2D eigenvalue weighted by Gasteiger charge is -2.32. The van der Waals surface area contributed by atoms with Crippen molar-refractivity contribution in [1.82, 2.24) is 10.2 Å². The number of nitrogens with one attached hydrogen (secondary N) is 1. The van der Waals surface area contributed by atoms with Gasteiger partial charge in [-0.1, -0.05) is 26.7 Å². The quantitative estimate of drug-likeness (QED) is 0.670. The molecule has 0 aliphatic carbocycles. The number of hydrogen-bond donors (Lipinski definition) is 2. The molecule has 1 rings (SSSR count). The fraction of sp³-hybridized carbons (Fsp3) is 0.933. The number of hydrogen-bond acceptors (Lipinski definition) is 3. The van der Waals surface area contributed by atoms with E-state index >= 15 is 0 Å². The number of likely N-dealkylation sites (tertiary alicyclic amines) is 1. The van der Waals surface area contributed by atoms with E-state index in [0.717, 1.165) is 31.8 Å². The standard InChI is InChI=1S/C15H31N3O/c1-3-5-13-6-10-18(11-7-13)12-8-14(15(16)19)17-9-4-2/h13-14,17H,3-12H2,1-2H3,(H2,16,19). The topological polar surface area (TPSA) is 58.4 Å². The highest BCUT2D eigenvalue weighted by molar-refractivity contribution is 5.79. The summed E-state index contributed by atoms with van der Waals surface area (Å²) in [5.74, 6) is 0.709. The molecule has 112 valence electrons. The number of amides is 1. The summed E-state index contributed by atoms with van der Waals surface area (Å²) in [6.45, 7) is 8.59. The molecule has 0 saturated carbocycles. The predicted octanol–water partition coefficient (Wildman–Crippen LogP) is 1.74. The number of rotatable bonds is 9. The molecular weight excluding hydrogens is 238 g/mol. The molecule has 0 bridgehead atoms.